The Morgan fingerprint density at radius 2 is 1.84 bits per heavy atom. The molecule has 0 saturated carbocycles. The summed E-state index contributed by atoms with van der Waals surface area (Å²) in [4.78, 5) is 2.38. The van der Waals surface area contributed by atoms with Crippen LogP contribution in [0.3, 0.4) is 0 Å². The van der Waals surface area contributed by atoms with E-state index in [0.717, 1.165) is 34.3 Å². The molecule has 37 heavy (non-hydrogen) atoms. The molecule has 2 aromatic carbocycles. The van der Waals surface area contributed by atoms with Crippen LogP contribution in [-0.2, 0) is 17.1 Å². The van der Waals surface area contributed by atoms with Gasteiger partial charge in [0.1, 0.15) is 11.5 Å². The number of hydrogen-bond acceptors (Lipinski definition) is 6. The maximum Gasteiger partial charge on any atom is 0.262 e. The van der Waals surface area contributed by atoms with Gasteiger partial charge in [0.25, 0.3) is 10.0 Å². The molecule has 0 radical (unpaired) electrons. The molecule has 0 spiro atoms. The van der Waals surface area contributed by atoms with Gasteiger partial charge in [-0.3, -0.25) is 4.90 Å². The predicted octanol–water partition coefficient (Wildman–Crippen LogP) is 3.61. The average Bonchev–Trinajstić information content (AvgIpc) is 3.41. The standard InChI is InChI=1S/C26H32FN7O2S/c1-17(2)15-32-10-11-33(37(35,36)26-19(4)29-30-31(26)5)16-25(32)23-13-20-14-28-34(24(20)12-18(23)3)22-8-6-21(27)7-9-22/h6-9,12-14,17,25H,10-11,15-16H2,1-5H3/t25-/m0/s1. The Balaban J connectivity index is 1.54. The van der Waals surface area contributed by atoms with Gasteiger partial charge in [-0.2, -0.15) is 9.40 Å². The summed E-state index contributed by atoms with van der Waals surface area (Å²) in [6.07, 6.45) is 1.80. The van der Waals surface area contributed by atoms with Crippen molar-refractivity contribution in [2.75, 3.05) is 26.2 Å². The lowest BCUT2D eigenvalue weighted by Gasteiger charge is -2.42. The van der Waals surface area contributed by atoms with Gasteiger partial charge in [-0.15, -0.1) is 5.10 Å². The smallest absolute Gasteiger partial charge is 0.262 e. The molecule has 2 aromatic heterocycles. The summed E-state index contributed by atoms with van der Waals surface area (Å²) in [6.45, 7) is 10.3. The molecule has 1 aliphatic heterocycles. The summed E-state index contributed by atoms with van der Waals surface area (Å²) in [5.74, 6) is 0.136. The van der Waals surface area contributed by atoms with Crippen molar-refractivity contribution in [3.8, 4) is 5.69 Å². The number of aromatic nitrogens is 5. The van der Waals surface area contributed by atoms with Crippen molar-refractivity contribution in [1.29, 1.82) is 0 Å². The van der Waals surface area contributed by atoms with Gasteiger partial charge >= 0.3 is 0 Å². The molecule has 1 fully saturated rings. The van der Waals surface area contributed by atoms with Crippen LogP contribution < -0.4 is 0 Å². The molecule has 0 unspecified atom stereocenters. The molecular formula is C26H32FN7O2S. The summed E-state index contributed by atoms with van der Waals surface area (Å²) in [5.41, 5.74) is 4.22. The van der Waals surface area contributed by atoms with Crippen LogP contribution in [0.1, 0.15) is 36.7 Å². The Hall–Kier alpha value is -3.15. The highest BCUT2D eigenvalue weighted by molar-refractivity contribution is 7.89. The van der Waals surface area contributed by atoms with Crippen molar-refractivity contribution >= 4 is 20.9 Å². The van der Waals surface area contributed by atoms with Crippen molar-refractivity contribution in [2.24, 2.45) is 13.0 Å². The van der Waals surface area contributed by atoms with Crippen molar-refractivity contribution in [2.45, 2.75) is 38.8 Å². The van der Waals surface area contributed by atoms with E-state index in [0.29, 0.717) is 31.2 Å². The predicted molar refractivity (Wildman–Crippen MR) is 139 cm³/mol. The number of sulfonamides is 1. The maximum absolute atomic E-state index is 13.6. The highest BCUT2D eigenvalue weighted by Gasteiger charge is 2.38. The van der Waals surface area contributed by atoms with Gasteiger partial charge in [-0.25, -0.2) is 22.2 Å². The molecule has 1 atom stereocenters. The van der Waals surface area contributed by atoms with Gasteiger partial charge in [-0.05, 0) is 67.3 Å². The van der Waals surface area contributed by atoms with Gasteiger partial charge in [0, 0.05) is 44.7 Å². The Labute approximate surface area is 216 Å². The minimum absolute atomic E-state index is 0.119. The molecule has 0 N–H and O–H groups in total. The van der Waals surface area contributed by atoms with E-state index in [1.807, 2.05) is 6.92 Å². The number of rotatable bonds is 6. The molecule has 11 heteroatoms. The third-order valence-corrected chi connectivity index (χ3v) is 9.02. The number of hydrogen-bond donors (Lipinski definition) is 0. The molecule has 0 aliphatic carbocycles. The van der Waals surface area contributed by atoms with Crippen LogP contribution in [0.4, 0.5) is 4.39 Å². The summed E-state index contributed by atoms with van der Waals surface area (Å²) in [5, 5.41) is 13.5. The SMILES string of the molecule is Cc1cc2c(cnn2-c2ccc(F)cc2)cc1[C@@H]1CN(S(=O)(=O)c2c(C)nnn2C)CCN1CC(C)C. The summed E-state index contributed by atoms with van der Waals surface area (Å²) in [6, 6.07) is 10.3. The van der Waals surface area contributed by atoms with E-state index in [1.165, 1.54) is 16.8 Å². The largest absolute Gasteiger partial charge is 0.293 e. The van der Waals surface area contributed by atoms with E-state index in [4.69, 9.17) is 0 Å². The summed E-state index contributed by atoms with van der Waals surface area (Å²) in [7, 11) is -2.16. The van der Waals surface area contributed by atoms with Crippen LogP contribution in [0.25, 0.3) is 16.6 Å². The summed E-state index contributed by atoms with van der Waals surface area (Å²) < 4.78 is 45.4. The molecule has 5 rings (SSSR count). The van der Waals surface area contributed by atoms with E-state index in [9.17, 15) is 12.8 Å². The molecule has 1 saturated heterocycles. The molecule has 1 aliphatic rings. The minimum Gasteiger partial charge on any atom is -0.293 e. The lowest BCUT2D eigenvalue weighted by molar-refractivity contribution is 0.104. The zero-order chi connectivity index (χ0) is 26.5. The fourth-order valence-corrected chi connectivity index (χ4v) is 6.96. The van der Waals surface area contributed by atoms with Gasteiger partial charge in [-0.1, -0.05) is 19.1 Å². The van der Waals surface area contributed by atoms with Crippen LogP contribution in [0.5, 0.6) is 0 Å². The number of piperazine rings is 1. The first-order chi connectivity index (χ1) is 17.6. The molecule has 9 nitrogen and oxygen atoms in total. The first-order valence-corrected chi connectivity index (χ1v) is 13.8. The minimum atomic E-state index is -3.77. The highest BCUT2D eigenvalue weighted by Crippen LogP contribution is 2.34. The fraction of sp³-hybridized carbons (Fsp3) is 0.423. The van der Waals surface area contributed by atoms with E-state index >= 15 is 0 Å². The van der Waals surface area contributed by atoms with Crippen molar-refractivity contribution in [1.82, 2.24) is 34.0 Å². The van der Waals surface area contributed by atoms with Gasteiger partial charge in [0.2, 0.25) is 0 Å². The highest BCUT2D eigenvalue weighted by atomic mass is 32.2. The van der Waals surface area contributed by atoms with Crippen molar-refractivity contribution < 1.29 is 12.8 Å². The van der Waals surface area contributed by atoms with Crippen LogP contribution in [0.15, 0.2) is 47.6 Å². The number of halogens is 1. The average molecular weight is 526 g/mol. The van der Waals surface area contributed by atoms with Gasteiger partial charge in [0.15, 0.2) is 5.03 Å². The third-order valence-electron chi connectivity index (χ3n) is 6.96. The quantitative estimate of drug-likeness (QED) is 0.382. The molecule has 4 aromatic rings. The van der Waals surface area contributed by atoms with E-state index < -0.39 is 10.0 Å². The maximum atomic E-state index is 13.6. The third kappa shape index (κ3) is 4.67. The van der Waals surface area contributed by atoms with Crippen LogP contribution in [0, 0.1) is 25.6 Å². The topological polar surface area (TPSA) is 89.1 Å². The second-order valence-electron chi connectivity index (χ2n) is 10.2. The first-order valence-electron chi connectivity index (χ1n) is 12.4. The van der Waals surface area contributed by atoms with E-state index in [-0.39, 0.29) is 16.9 Å². The molecule has 196 valence electrons. The number of fused-ring (bicyclic) bond motifs is 1. The molecule has 0 bridgehead atoms. The van der Waals surface area contributed by atoms with Gasteiger partial charge in [0.05, 0.1) is 17.4 Å². The Bertz CT molecular complexity index is 1520. The number of nitrogens with zero attached hydrogens (tertiary/aromatic N) is 7. The molecular weight excluding hydrogens is 493 g/mol. The Morgan fingerprint density at radius 1 is 1.11 bits per heavy atom. The van der Waals surface area contributed by atoms with Crippen LogP contribution in [-0.4, -0.2) is 68.6 Å². The number of aryl methyl sites for hydroxylation is 3. The van der Waals surface area contributed by atoms with E-state index in [1.54, 1.807) is 41.3 Å². The number of benzene rings is 2. The normalized spacial score (nSPS) is 17.8. The second-order valence-corrected chi connectivity index (χ2v) is 12.0. The van der Waals surface area contributed by atoms with Crippen molar-refractivity contribution in [3.05, 3.63) is 65.2 Å². The van der Waals surface area contributed by atoms with Crippen LogP contribution in [0.2, 0.25) is 0 Å². The molecule has 3 heterocycles. The van der Waals surface area contributed by atoms with Crippen LogP contribution >= 0.6 is 0 Å². The fourth-order valence-electron chi connectivity index (χ4n) is 5.27. The second kappa shape index (κ2) is 9.62. The lowest BCUT2D eigenvalue weighted by Crippen LogP contribution is -2.51. The first kappa shape index (κ1) is 25.5. The zero-order valence-electron chi connectivity index (χ0n) is 21.8. The monoisotopic (exact) mass is 525 g/mol. The Kier molecular flexibility index (Phi) is 6.63. The molecule has 0 amide bonds. The van der Waals surface area contributed by atoms with Crippen molar-refractivity contribution in [3.63, 3.8) is 0 Å². The Morgan fingerprint density at radius 3 is 2.49 bits per heavy atom. The van der Waals surface area contributed by atoms with E-state index in [2.05, 4.69) is 46.3 Å². The zero-order valence-corrected chi connectivity index (χ0v) is 22.6. The van der Waals surface area contributed by atoms with Gasteiger partial charge < -0.3 is 0 Å². The summed E-state index contributed by atoms with van der Waals surface area (Å²) >= 11 is 0. The lowest BCUT2D eigenvalue weighted by atomic mass is 9.96.